The molecule has 0 aliphatic heterocycles. The van der Waals surface area contributed by atoms with Gasteiger partial charge in [-0.05, 0) is 18.1 Å². The Balaban J connectivity index is 2.52. The number of allylic oxidation sites excluding steroid dienone is 1. The van der Waals surface area contributed by atoms with Crippen LogP contribution in [-0.2, 0) is 11.2 Å². The molecule has 1 heterocycles. The van der Waals surface area contributed by atoms with Gasteiger partial charge in [-0.1, -0.05) is 12.1 Å². The van der Waals surface area contributed by atoms with E-state index in [9.17, 15) is 4.79 Å². The fourth-order valence-electron chi connectivity index (χ4n) is 1.34. The molecule has 0 aromatic carbocycles. The Morgan fingerprint density at radius 2 is 2.42 bits per heavy atom. The molecule has 1 aromatic heterocycles. The number of carboxylic acid groups (broad SMARTS) is 1. The number of aromatic nitrogens is 1. The molecule has 0 fully saturated rings. The fourth-order valence-corrected chi connectivity index (χ4v) is 1.34. The molecule has 3 nitrogen and oxygen atoms in total. The van der Waals surface area contributed by atoms with E-state index >= 15 is 0 Å². The summed E-state index contributed by atoms with van der Waals surface area (Å²) >= 11 is 0. The largest absolute Gasteiger partial charge is 0.478 e. The van der Waals surface area contributed by atoms with Crippen molar-refractivity contribution in [3.8, 4) is 0 Å². The van der Waals surface area contributed by atoms with Gasteiger partial charge in [0.25, 0.3) is 0 Å². The van der Waals surface area contributed by atoms with Gasteiger partial charge in [-0.3, -0.25) is 4.98 Å². The van der Waals surface area contributed by atoms with Crippen LogP contribution in [0.1, 0.15) is 11.3 Å². The average molecular weight is 161 g/mol. The first-order valence-corrected chi connectivity index (χ1v) is 3.67. The van der Waals surface area contributed by atoms with Crippen LogP contribution in [0, 0.1) is 0 Å². The maximum atomic E-state index is 10.7. The van der Waals surface area contributed by atoms with E-state index in [1.165, 1.54) is 0 Å². The Morgan fingerprint density at radius 3 is 3.17 bits per heavy atom. The molecule has 2 rings (SSSR count). The number of hydrogen-bond acceptors (Lipinski definition) is 2. The van der Waals surface area contributed by atoms with Crippen molar-refractivity contribution in [2.45, 2.75) is 6.42 Å². The highest BCUT2D eigenvalue weighted by Crippen LogP contribution is 2.24. The summed E-state index contributed by atoms with van der Waals surface area (Å²) in [6.07, 6.45) is 3.99. The molecule has 3 heteroatoms. The summed E-state index contributed by atoms with van der Waals surface area (Å²) in [4.78, 5) is 14.7. The Kier molecular flexibility index (Phi) is 1.43. The van der Waals surface area contributed by atoms with Gasteiger partial charge in [0, 0.05) is 6.20 Å². The van der Waals surface area contributed by atoms with Crippen molar-refractivity contribution in [3.05, 3.63) is 35.7 Å². The molecule has 12 heavy (non-hydrogen) atoms. The molecule has 0 saturated heterocycles. The maximum absolute atomic E-state index is 10.7. The molecule has 0 atom stereocenters. The molecule has 0 radical (unpaired) electrons. The van der Waals surface area contributed by atoms with Gasteiger partial charge in [-0.25, -0.2) is 4.79 Å². The summed E-state index contributed by atoms with van der Waals surface area (Å²) < 4.78 is 0. The van der Waals surface area contributed by atoms with Gasteiger partial charge in [0.15, 0.2) is 0 Å². The van der Waals surface area contributed by atoms with E-state index in [2.05, 4.69) is 4.98 Å². The summed E-state index contributed by atoms with van der Waals surface area (Å²) in [5.41, 5.74) is 1.94. The zero-order valence-corrected chi connectivity index (χ0v) is 6.32. The first kappa shape index (κ1) is 7.03. The molecule has 0 saturated carbocycles. The highest BCUT2D eigenvalue weighted by molar-refractivity contribution is 6.16. The van der Waals surface area contributed by atoms with Crippen LogP contribution in [0.2, 0.25) is 0 Å². The van der Waals surface area contributed by atoms with E-state index in [-0.39, 0.29) is 0 Å². The molecule has 1 aliphatic rings. The third kappa shape index (κ3) is 0.906. The number of fused-ring (bicyclic) bond motifs is 1. The summed E-state index contributed by atoms with van der Waals surface area (Å²) in [6, 6.07) is 3.71. The molecule has 0 unspecified atom stereocenters. The lowest BCUT2D eigenvalue weighted by Gasteiger charge is -1.97. The highest BCUT2D eigenvalue weighted by atomic mass is 16.4. The molecule has 0 amide bonds. The molecule has 1 N–H and O–H groups in total. The number of rotatable bonds is 1. The summed E-state index contributed by atoms with van der Waals surface area (Å²) in [7, 11) is 0. The molecular weight excluding hydrogens is 154 g/mol. The Hall–Kier alpha value is -1.64. The van der Waals surface area contributed by atoms with Crippen molar-refractivity contribution in [1.82, 2.24) is 4.98 Å². The topological polar surface area (TPSA) is 50.2 Å². The van der Waals surface area contributed by atoms with Crippen LogP contribution in [0.4, 0.5) is 0 Å². The van der Waals surface area contributed by atoms with Gasteiger partial charge in [-0.2, -0.15) is 0 Å². The second-order valence-corrected chi connectivity index (χ2v) is 2.64. The molecule has 0 bridgehead atoms. The summed E-state index contributed by atoms with van der Waals surface area (Å²) in [6.45, 7) is 0. The molecule has 60 valence electrons. The second kappa shape index (κ2) is 2.44. The Bertz CT molecular complexity index is 369. The van der Waals surface area contributed by atoms with Crippen molar-refractivity contribution in [1.29, 1.82) is 0 Å². The van der Waals surface area contributed by atoms with Crippen LogP contribution in [0.5, 0.6) is 0 Å². The van der Waals surface area contributed by atoms with Crippen LogP contribution in [0.3, 0.4) is 0 Å². The number of aliphatic carboxylic acids is 1. The van der Waals surface area contributed by atoms with E-state index in [0.29, 0.717) is 17.7 Å². The van der Waals surface area contributed by atoms with Gasteiger partial charge >= 0.3 is 5.97 Å². The number of carbonyl (C=O) groups is 1. The fraction of sp³-hybridized carbons (Fsp3) is 0.111. The van der Waals surface area contributed by atoms with Gasteiger partial charge in [0.05, 0.1) is 11.3 Å². The van der Waals surface area contributed by atoms with Crippen molar-refractivity contribution < 1.29 is 9.90 Å². The van der Waals surface area contributed by atoms with Gasteiger partial charge in [-0.15, -0.1) is 0 Å². The second-order valence-electron chi connectivity index (χ2n) is 2.64. The monoisotopic (exact) mass is 161 g/mol. The first-order valence-electron chi connectivity index (χ1n) is 3.67. The van der Waals surface area contributed by atoms with Crippen molar-refractivity contribution in [3.63, 3.8) is 0 Å². The zero-order chi connectivity index (χ0) is 8.55. The van der Waals surface area contributed by atoms with Gasteiger partial charge in [0.2, 0.25) is 0 Å². The van der Waals surface area contributed by atoms with E-state index < -0.39 is 5.97 Å². The lowest BCUT2D eigenvalue weighted by Crippen LogP contribution is -1.99. The predicted molar refractivity (Wildman–Crippen MR) is 43.6 cm³/mol. The van der Waals surface area contributed by atoms with Gasteiger partial charge in [0.1, 0.15) is 0 Å². The standard InChI is InChI=1S/C9H7NO2/c11-9(12)7-4-3-6-2-1-5-10-8(6)7/h1-2,4-5H,3H2,(H,11,12). The van der Waals surface area contributed by atoms with Crippen LogP contribution in [0.25, 0.3) is 5.57 Å². The lowest BCUT2D eigenvalue weighted by molar-refractivity contribution is -0.130. The predicted octanol–water partition coefficient (Wildman–Crippen LogP) is 1.11. The minimum atomic E-state index is -0.896. The highest BCUT2D eigenvalue weighted by Gasteiger charge is 2.19. The quantitative estimate of drug-likeness (QED) is 0.671. The van der Waals surface area contributed by atoms with Gasteiger partial charge < -0.3 is 5.11 Å². The van der Waals surface area contributed by atoms with Crippen LogP contribution < -0.4 is 0 Å². The Morgan fingerprint density at radius 1 is 1.58 bits per heavy atom. The van der Waals surface area contributed by atoms with Crippen molar-refractivity contribution >= 4 is 11.5 Å². The van der Waals surface area contributed by atoms with E-state index in [4.69, 9.17) is 5.11 Å². The van der Waals surface area contributed by atoms with E-state index in [0.717, 1.165) is 5.56 Å². The third-order valence-electron chi connectivity index (χ3n) is 1.90. The zero-order valence-electron chi connectivity index (χ0n) is 6.32. The maximum Gasteiger partial charge on any atom is 0.337 e. The minimum Gasteiger partial charge on any atom is -0.478 e. The number of hydrogen-bond donors (Lipinski definition) is 1. The Labute approximate surface area is 69.4 Å². The number of nitrogens with zero attached hydrogens (tertiary/aromatic N) is 1. The molecule has 0 spiro atoms. The first-order chi connectivity index (χ1) is 5.79. The van der Waals surface area contributed by atoms with E-state index in [1.54, 1.807) is 12.3 Å². The average Bonchev–Trinajstić information content (AvgIpc) is 2.47. The SMILES string of the molecule is O=C(O)C1=CCc2cccnc21. The van der Waals surface area contributed by atoms with Crippen LogP contribution in [0.15, 0.2) is 24.4 Å². The third-order valence-corrected chi connectivity index (χ3v) is 1.90. The van der Waals surface area contributed by atoms with Crippen LogP contribution >= 0.6 is 0 Å². The lowest BCUT2D eigenvalue weighted by atomic mass is 10.2. The number of pyridine rings is 1. The number of carboxylic acids is 1. The molecular formula is C9H7NO2. The van der Waals surface area contributed by atoms with Crippen molar-refractivity contribution in [2.24, 2.45) is 0 Å². The van der Waals surface area contributed by atoms with E-state index in [1.807, 2.05) is 12.1 Å². The minimum absolute atomic E-state index is 0.325. The molecule has 1 aliphatic carbocycles. The molecule has 1 aromatic rings. The normalized spacial score (nSPS) is 13.8. The van der Waals surface area contributed by atoms with Crippen LogP contribution in [-0.4, -0.2) is 16.1 Å². The summed E-state index contributed by atoms with van der Waals surface area (Å²) in [5, 5.41) is 8.75. The smallest absolute Gasteiger partial charge is 0.337 e. The van der Waals surface area contributed by atoms with Crippen molar-refractivity contribution in [2.75, 3.05) is 0 Å². The summed E-state index contributed by atoms with van der Waals surface area (Å²) in [5.74, 6) is -0.896.